The maximum atomic E-state index is 9.40. The molecule has 0 aliphatic carbocycles. The molecule has 1 rings (SSSR count). The lowest BCUT2D eigenvalue weighted by Crippen LogP contribution is -2.52. The molecule has 1 saturated heterocycles. The predicted octanol–water partition coefficient (Wildman–Crippen LogP) is 1.32. The monoisotopic (exact) mass is 245 g/mol. The van der Waals surface area contributed by atoms with Crippen molar-refractivity contribution in [2.75, 3.05) is 26.4 Å². The average molecular weight is 245 g/mol. The zero-order chi connectivity index (χ0) is 12.7. The Kier molecular flexibility index (Phi) is 6.41. The van der Waals surface area contributed by atoms with Gasteiger partial charge in [0.2, 0.25) is 0 Å². The lowest BCUT2D eigenvalue weighted by molar-refractivity contribution is -0.0560. The Labute approximate surface area is 105 Å². The van der Waals surface area contributed by atoms with Crippen molar-refractivity contribution >= 4 is 0 Å². The summed E-state index contributed by atoms with van der Waals surface area (Å²) in [5.41, 5.74) is -0.358. The van der Waals surface area contributed by atoms with Crippen LogP contribution in [0.15, 0.2) is 0 Å². The van der Waals surface area contributed by atoms with Gasteiger partial charge in [-0.25, -0.2) is 0 Å². The fourth-order valence-corrected chi connectivity index (χ4v) is 2.18. The molecule has 102 valence electrons. The Morgan fingerprint density at radius 3 is 2.76 bits per heavy atom. The molecule has 0 bridgehead atoms. The normalized spacial score (nSPS) is 24.9. The van der Waals surface area contributed by atoms with Crippen LogP contribution in [0.2, 0.25) is 0 Å². The van der Waals surface area contributed by atoms with Gasteiger partial charge in [0.05, 0.1) is 31.5 Å². The minimum absolute atomic E-state index is 0.0801. The fourth-order valence-electron chi connectivity index (χ4n) is 2.18. The molecule has 0 amide bonds. The summed E-state index contributed by atoms with van der Waals surface area (Å²) >= 11 is 0. The third kappa shape index (κ3) is 5.82. The number of hydrogen-bond donors (Lipinski definition) is 2. The fraction of sp³-hybridized carbons (Fsp3) is 1.00. The molecule has 0 aromatic heterocycles. The molecular formula is C13H27NO3. The third-order valence-corrected chi connectivity index (χ3v) is 2.98. The van der Waals surface area contributed by atoms with Crippen molar-refractivity contribution < 1.29 is 14.6 Å². The van der Waals surface area contributed by atoms with E-state index in [9.17, 15) is 5.11 Å². The first kappa shape index (κ1) is 14.9. The van der Waals surface area contributed by atoms with Crippen LogP contribution in [0.25, 0.3) is 0 Å². The molecule has 1 aliphatic rings. The number of aliphatic hydroxyl groups excluding tert-OH is 1. The van der Waals surface area contributed by atoms with Crippen LogP contribution in [-0.2, 0) is 9.47 Å². The lowest BCUT2D eigenvalue weighted by atomic mass is 10.0. The van der Waals surface area contributed by atoms with Gasteiger partial charge in [0, 0.05) is 12.6 Å². The molecular weight excluding hydrogens is 218 g/mol. The van der Waals surface area contributed by atoms with Gasteiger partial charge in [-0.15, -0.1) is 0 Å². The van der Waals surface area contributed by atoms with Crippen LogP contribution in [0.3, 0.4) is 0 Å². The molecule has 0 saturated carbocycles. The summed E-state index contributed by atoms with van der Waals surface area (Å²) in [5.74, 6) is 0. The molecule has 2 N–H and O–H groups in total. The van der Waals surface area contributed by atoms with Gasteiger partial charge in [-0.2, -0.15) is 0 Å². The van der Waals surface area contributed by atoms with E-state index in [-0.39, 0.29) is 18.2 Å². The van der Waals surface area contributed by atoms with E-state index >= 15 is 0 Å². The Morgan fingerprint density at radius 1 is 1.47 bits per heavy atom. The van der Waals surface area contributed by atoms with Crippen molar-refractivity contribution in [1.82, 2.24) is 5.32 Å². The molecule has 2 atom stereocenters. The number of nitrogens with one attached hydrogen (secondary N) is 1. The summed E-state index contributed by atoms with van der Waals surface area (Å²) < 4.78 is 11.3. The highest BCUT2D eigenvalue weighted by atomic mass is 16.5. The van der Waals surface area contributed by atoms with Gasteiger partial charge < -0.3 is 19.9 Å². The number of rotatable bonds is 7. The van der Waals surface area contributed by atoms with E-state index < -0.39 is 0 Å². The lowest BCUT2D eigenvalue weighted by Gasteiger charge is -2.32. The first-order valence-electron chi connectivity index (χ1n) is 6.63. The van der Waals surface area contributed by atoms with E-state index in [4.69, 9.17) is 9.47 Å². The zero-order valence-corrected chi connectivity index (χ0v) is 11.4. The molecule has 0 aromatic rings. The van der Waals surface area contributed by atoms with E-state index in [1.165, 1.54) is 12.8 Å². The van der Waals surface area contributed by atoms with Crippen LogP contribution in [0, 0.1) is 0 Å². The Morgan fingerprint density at radius 2 is 2.24 bits per heavy atom. The molecule has 1 aliphatic heterocycles. The maximum Gasteiger partial charge on any atom is 0.0808 e. The Balaban J connectivity index is 2.22. The first-order valence-corrected chi connectivity index (χ1v) is 6.63. The van der Waals surface area contributed by atoms with Gasteiger partial charge >= 0.3 is 0 Å². The second-order valence-electron chi connectivity index (χ2n) is 5.52. The van der Waals surface area contributed by atoms with Crippen molar-refractivity contribution in [3.05, 3.63) is 0 Å². The topological polar surface area (TPSA) is 50.7 Å². The minimum Gasteiger partial charge on any atom is -0.394 e. The second kappa shape index (κ2) is 7.31. The molecule has 0 radical (unpaired) electrons. The van der Waals surface area contributed by atoms with E-state index in [1.807, 2.05) is 6.92 Å². The van der Waals surface area contributed by atoms with Crippen molar-refractivity contribution in [3.63, 3.8) is 0 Å². The molecule has 0 aromatic carbocycles. The van der Waals surface area contributed by atoms with Crippen molar-refractivity contribution in [3.8, 4) is 0 Å². The highest BCUT2D eigenvalue weighted by Crippen LogP contribution is 2.14. The number of hydrogen-bond acceptors (Lipinski definition) is 4. The van der Waals surface area contributed by atoms with Crippen molar-refractivity contribution in [1.29, 1.82) is 0 Å². The van der Waals surface area contributed by atoms with Gasteiger partial charge in [-0.05, 0) is 26.2 Å². The van der Waals surface area contributed by atoms with Crippen LogP contribution in [0.5, 0.6) is 0 Å². The third-order valence-electron chi connectivity index (χ3n) is 2.98. The molecule has 1 fully saturated rings. The zero-order valence-electron chi connectivity index (χ0n) is 11.4. The Bertz CT molecular complexity index is 205. The van der Waals surface area contributed by atoms with Gasteiger partial charge in [-0.3, -0.25) is 0 Å². The number of aliphatic hydroxyl groups is 1. The van der Waals surface area contributed by atoms with Gasteiger partial charge in [0.15, 0.2) is 0 Å². The van der Waals surface area contributed by atoms with Crippen LogP contribution >= 0.6 is 0 Å². The van der Waals surface area contributed by atoms with Crippen molar-refractivity contribution in [2.24, 2.45) is 0 Å². The first-order chi connectivity index (χ1) is 8.06. The van der Waals surface area contributed by atoms with Crippen LogP contribution in [0.1, 0.15) is 40.0 Å². The Hall–Kier alpha value is -0.160. The van der Waals surface area contributed by atoms with E-state index in [0.717, 1.165) is 13.0 Å². The van der Waals surface area contributed by atoms with Crippen LogP contribution in [0.4, 0.5) is 0 Å². The summed E-state index contributed by atoms with van der Waals surface area (Å²) in [6, 6.07) is 0.335. The molecule has 17 heavy (non-hydrogen) atoms. The van der Waals surface area contributed by atoms with E-state index in [1.54, 1.807) is 0 Å². The predicted molar refractivity (Wildman–Crippen MR) is 68.2 cm³/mol. The minimum atomic E-state index is -0.358. The highest BCUT2D eigenvalue weighted by molar-refractivity contribution is 4.83. The van der Waals surface area contributed by atoms with Crippen LogP contribution < -0.4 is 5.32 Å². The maximum absolute atomic E-state index is 9.40. The molecule has 4 heteroatoms. The number of ether oxygens (including phenoxy) is 2. The molecule has 1 heterocycles. The molecule has 0 spiro atoms. The summed E-state index contributed by atoms with van der Waals surface area (Å²) in [4.78, 5) is 0. The van der Waals surface area contributed by atoms with Gasteiger partial charge in [-0.1, -0.05) is 13.8 Å². The largest absolute Gasteiger partial charge is 0.394 e. The standard InChI is InChI=1S/C13H27NO3/c1-11(2)14-13(3,9-15)10-16-8-12-6-4-5-7-17-12/h11-12,14-15H,4-10H2,1-3H3. The highest BCUT2D eigenvalue weighted by Gasteiger charge is 2.25. The van der Waals surface area contributed by atoms with Gasteiger partial charge in [0.1, 0.15) is 0 Å². The van der Waals surface area contributed by atoms with Gasteiger partial charge in [0.25, 0.3) is 0 Å². The second-order valence-corrected chi connectivity index (χ2v) is 5.52. The summed E-state index contributed by atoms with van der Waals surface area (Å²) in [7, 11) is 0. The van der Waals surface area contributed by atoms with Crippen molar-refractivity contribution in [2.45, 2.75) is 57.7 Å². The van der Waals surface area contributed by atoms with E-state index in [2.05, 4.69) is 19.2 Å². The summed E-state index contributed by atoms with van der Waals surface area (Å²) in [6.07, 6.45) is 3.73. The summed E-state index contributed by atoms with van der Waals surface area (Å²) in [6.45, 7) is 8.20. The molecule has 4 nitrogen and oxygen atoms in total. The smallest absolute Gasteiger partial charge is 0.0808 e. The van der Waals surface area contributed by atoms with E-state index in [0.29, 0.717) is 19.3 Å². The SMILES string of the molecule is CC(C)NC(C)(CO)COCC1CCCCO1. The molecule has 2 unspecified atom stereocenters. The average Bonchev–Trinajstić information content (AvgIpc) is 2.29. The summed E-state index contributed by atoms with van der Waals surface area (Å²) in [5, 5.41) is 12.7. The van der Waals surface area contributed by atoms with Crippen LogP contribution in [-0.4, -0.2) is 49.2 Å². The quantitative estimate of drug-likeness (QED) is 0.710.